The fourth-order valence-electron chi connectivity index (χ4n) is 2.50. The molecule has 0 unspecified atom stereocenters. The Labute approximate surface area is 138 Å². The molecule has 0 bridgehead atoms. The van der Waals surface area contributed by atoms with Crippen LogP contribution in [-0.2, 0) is 9.53 Å². The minimum absolute atomic E-state index is 0.0395. The van der Waals surface area contributed by atoms with Crippen LogP contribution in [0, 0.1) is 24.0 Å². The fraction of sp³-hybridized carbons (Fsp3) is 0.111. The topological polar surface area (TPSA) is 81.8 Å². The average molecular weight is 322 g/mol. The Morgan fingerprint density at radius 3 is 2.62 bits per heavy atom. The highest BCUT2D eigenvalue weighted by atomic mass is 16.6. The number of hydrogen-bond acceptors (Lipinski definition) is 5. The lowest BCUT2D eigenvalue weighted by Crippen LogP contribution is -2.08. The Hall–Kier alpha value is -3.28. The van der Waals surface area contributed by atoms with Gasteiger partial charge in [-0.05, 0) is 31.6 Å². The number of aryl methyl sites for hydroxylation is 1. The first kappa shape index (κ1) is 15.6. The summed E-state index contributed by atoms with van der Waals surface area (Å²) < 4.78 is 5.20. The van der Waals surface area contributed by atoms with Crippen LogP contribution in [0.25, 0.3) is 6.08 Å². The van der Waals surface area contributed by atoms with Gasteiger partial charge in [-0.1, -0.05) is 35.9 Å². The van der Waals surface area contributed by atoms with Crippen LogP contribution in [0.15, 0.2) is 53.2 Å². The molecule has 1 aliphatic heterocycles. The van der Waals surface area contributed by atoms with E-state index in [-0.39, 0.29) is 17.3 Å². The van der Waals surface area contributed by atoms with Crippen LogP contribution in [-0.4, -0.2) is 16.8 Å². The van der Waals surface area contributed by atoms with E-state index in [4.69, 9.17) is 4.74 Å². The van der Waals surface area contributed by atoms with Gasteiger partial charge in [0.15, 0.2) is 5.70 Å². The summed E-state index contributed by atoms with van der Waals surface area (Å²) in [5, 5.41) is 11.0. The predicted octanol–water partition coefficient (Wildman–Crippen LogP) is 3.56. The molecule has 2 aromatic rings. The number of aliphatic imine (C=N–C) groups is 1. The highest BCUT2D eigenvalue weighted by Gasteiger charge is 2.27. The van der Waals surface area contributed by atoms with Crippen LogP contribution in [0.4, 0.5) is 5.69 Å². The molecule has 120 valence electrons. The lowest BCUT2D eigenvalue weighted by atomic mass is 10.1. The number of carbonyl (C=O) groups excluding carboxylic acids is 1. The molecule has 6 nitrogen and oxygen atoms in total. The van der Waals surface area contributed by atoms with Gasteiger partial charge < -0.3 is 4.74 Å². The molecule has 1 heterocycles. The number of hydrogen-bond donors (Lipinski definition) is 0. The van der Waals surface area contributed by atoms with Crippen molar-refractivity contribution in [2.45, 2.75) is 13.8 Å². The summed E-state index contributed by atoms with van der Waals surface area (Å²) in [5.74, 6) is -0.488. The van der Waals surface area contributed by atoms with Crippen LogP contribution >= 0.6 is 0 Å². The maximum absolute atomic E-state index is 12.0. The molecule has 0 N–H and O–H groups in total. The van der Waals surface area contributed by atoms with Gasteiger partial charge in [0.2, 0.25) is 5.90 Å². The number of cyclic esters (lactones) is 1. The molecular weight excluding hydrogens is 308 g/mol. The molecule has 3 rings (SSSR count). The van der Waals surface area contributed by atoms with Crippen molar-refractivity contribution in [3.05, 3.63) is 80.5 Å². The van der Waals surface area contributed by atoms with E-state index in [0.29, 0.717) is 11.1 Å². The van der Waals surface area contributed by atoms with Gasteiger partial charge in [0, 0.05) is 17.2 Å². The Morgan fingerprint density at radius 1 is 1.17 bits per heavy atom. The summed E-state index contributed by atoms with van der Waals surface area (Å²) in [6, 6.07) is 12.2. The number of benzene rings is 2. The SMILES string of the molecule is Cc1cccc(/C=C2\N=C(c3cccc([N+](=O)[O-])c3C)OC2=O)c1. The maximum atomic E-state index is 12.0. The van der Waals surface area contributed by atoms with Crippen molar-refractivity contribution in [1.29, 1.82) is 0 Å². The summed E-state index contributed by atoms with van der Waals surface area (Å²) >= 11 is 0. The fourth-order valence-corrected chi connectivity index (χ4v) is 2.50. The summed E-state index contributed by atoms with van der Waals surface area (Å²) in [5.41, 5.74) is 2.87. The van der Waals surface area contributed by atoms with E-state index in [0.717, 1.165) is 11.1 Å². The first-order valence-corrected chi connectivity index (χ1v) is 7.29. The smallest absolute Gasteiger partial charge is 0.363 e. The lowest BCUT2D eigenvalue weighted by Gasteiger charge is -2.04. The van der Waals surface area contributed by atoms with Crippen molar-refractivity contribution < 1.29 is 14.5 Å². The van der Waals surface area contributed by atoms with Gasteiger partial charge in [0.05, 0.1) is 4.92 Å². The zero-order valence-corrected chi connectivity index (χ0v) is 13.1. The third-order valence-electron chi connectivity index (χ3n) is 3.70. The van der Waals surface area contributed by atoms with Crippen LogP contribution < -0.4 is 0 Å². The number of ether oxygens (including phenoxy) is 1. The van der Waals surface area contributed by atoms with E-state index >= 15 is 0 Å². The molecular formula is C18H14N2O4. The molecule has 0 saturated heterocycles. The predicted molar refractivity (Wildman–Crippen MR) is 89.6 cm³/mol. The van der Waals surface area contributed by atoms with Gasteiger partial charge >= 0.3 is 5.97 Å². The van der Waals surface area contributed by atoms with Crippen LogP contribution in [0.1, 0.15) is 22.3 Å². The molecule has 2 aromatic carbocycles. The minimum Gasteiger partial charge on any atom is -0.402 e. The number of carbonyl (C=O) groups is 1. The quantitative estimate of drug-likeness (QED) is 0.374. The number of nitrogens with zero attached hydrogens (tertiary/aromatic N) is 2. The first-order chi connectivity index (χ1) is 11.5. The van der Waals surface area contributed by atoms with Gasteiger partial charge in [-0.25, -0.2) is 9.79 Å². The second-order valence-corrected chi connectivity index (χ2v) is 5.46. The molecule has 0 aliphatic carbocycles. The maximum Gasteiger partial charge on any atom is 0.363 e. The summed E-state index contributed by atoms with van der Waals surface area (Å²) in [6.07, 6.45) is 1.63. The zero-order valence-electron chi connectivity index (χ0n) is 13.1. The second kappa shape index (κ2) is 6.08. The normalized spacial score (nSPS) is 15.3. The van der Waals surface area contributed by atoms with Crippen molar-refractivity contribution in [3.63, 3.8) is 0 Å². The molecule has 0 atom stereocenters. The van der Waals surface area contributed by atoms with E-state index < -0.39 is 10.9 Å². The molecule has 0 aromatic heterocycles. The van der Waals surface area contributed by atoms with Gasteiger partial charge in [-0.3, -0.25) is 10.1 Å². The van der Waals surface area contributed by atoms with Gasteiger partial charge in [-0.2, -0.15) is 0 Å². The number of rotatable bonds is 3. The third kappa shape index (κ3) is 2.94. The Morgan fingerprint density at radius 2 is 1.92 bits per heavy atom. The highest BCUT2D eigenvalue weighted by molar-refractivity contribution is 6.13. The van der Waals surface area contributed by atoms with Gasteiger partial charge in [-0.15, -0.1) is 0 Å². The standard InChI is InChI=1S/C18H14N2O4/c1-11-5-3-6-13(9-11)10-15-18(21)24-17(19-15)14-7-4-8-16(12(14)2)20(22)23/h3-10H,1-2H3/b15-10-. The minimum atomic E-state index is -0.572. The van der Waals surface area contributed by atoms with Crippen molar-refractivity contribution in [3.8, 4) is 0 Å². The van der Waals surface area contributed by atoms with Crippen molar-refractivity contribution >= 4 is 23.6 Å². The third-order valence-corrected chi connectivity index (χ3v) is 3.70. The Balaban J connectivity index is 2.01. The number of nitro benzene ring substituents is 1. The van der Waals surface area contributed by atoms with Gasteiger partial charge in [0.25, 0.3) is 5.69 Å². The summed E-state index contributed by atoms with van der Waals surface area (Å²) in [4.78, 5) is 26.8. The number of nitro groups is 1. The van der Waals surface area contributed by atoms with Crippen LogP contribution in [0.3, 0.4) is 0 Å². The number of esters is 1. The average Bonchev–Trinajstić information content (AvgIpc) is 2.88. The lowest BCUT2D eigenvalue weighted by molar-refractivity contribution is -0.385. The molecule has 0 fully saturated rings. The molecule has 0 spiro atoms. The Bertz CT molecular complexity index is 913. The largest absolute Gasteiger partial charge is 0.402 e. The second-order valence-electron chi connectivity index (χ2n) is 5.46. The monoisotopic (exact) mass is 322 g/mol. The van der Waals surface area contributed by atoms with Crippen LogP contribution in [0.5, 0.6) is 0 Å². The Kier molecular flexibility index (Phi) is 3.95. The van der Waals surface area contributed by atoms with Crippen molar-refractivity contribution in [2.24, 2.45) is 4.99 Å². The molecule has 24 heavy (non-hydrogen) atoms. The highest BCUT2D eigenvalue weighted by Crippen LogP contribution is 2.26. The van der Waals surface area contributed by atoms with Gasteiger partial charge in [0.1, 0.15) is 0 Å². The van der Waals surface area contributed by atoms with E-state index in [1.807, 2.05) is 31.2 Å². The van der Waals surface area contributed by atoms with Crippen molar-refractivity contribution in [2.75, 3.05) is 0 Å². The molecule has 6 heteroatoms. The van der Waals surface area contributed by atoms with E-state index in [1.165, 1.54) is 6.07 Å². The van der Waals surface area contributed by atoms with E-state index in [2.05, 4.69) is 4.99 Å². The zero-order chi connectivity index (χ0) is 17.3. The van der Waals surface area contributed by atoms with Crippen LogP contribution in [0.2, 0.25) is 0 Å². The molecule has 1 aliphatic rings. The van der Waals surface area contributed by atoms with E-state index in [9.17, 15) is 14.9 Å². The molecule has 0 radical (unpaired) electrons. The first-order valence-electron chi connectivity index (χ1n) is 7.29. The molecule has 0 amide bonds. The summed E-state index contributed by atoms with van der Waals surface area (Å²) in [6.45, 7) is 3.56. The molecule has 0 saturated carbocycles. The van der Waals surface area contributed by atoms with E-state index in [1.54, 1.807) is 25.1 Å². The van der Waals surface area contributed by atoms with Crippen molar-refractivity contribution in [1.82, 2.24) is 0 Å². The summed E-state index contributed by atoms with van der Waals surface area (Å²) in [7, 11) is 0.